The first kappa shape index (κ1) is 13.5. The van der Waals surface area contributed by atoms with Crippen molar-refractivity contribution >= 4 is 0 Å². The molecule has 2 nitrogen and oxygen atoms in total. The maximum absolute atomic E-state index is 9.24. The molecule has 0 aromatic heterocycles. The van der Waals surface area contributed by atoms with Crippen molar-refractivity contribution in [2.75, 3.05) is 0 Å². The van der Waals surface area contributed by atoms with Gasteiger partial charge in [-0.1, -0.05) is 51.9 Å². The fraction of sp³-hybridized carbons (Fsp3) is 0.833. The molecule has 0 bridgehead atoms. The molecule has 2 heteroatoms. The van der Waals surface area contributed by atoms with Crippen LogP contribution in [0.4, 0.5) is 0 Å². The SMILES string of the molecule is CCCCCCCCC[C@@H](O)/C=C\O. The lowest BCUT2D eigenvalue weighted by molar-refractivity contribution is 0.205. The zero-order valence-electron chi connectivity index (χ0n) is 9.28. The van der Waals surface area contributed by atoms with E-state index >= 15 is 0 Å². The second-order valence-electron chi connectivity index (χ2n) is 3.82. The van der Waals surface area contributed by atoms with Crippen LogP contribution in [0.15, 0.2) is 12.3 Å². The largest absolute Gasteiger partial charge is 0.516 e. The summed E-state index contributed by atoms with van der Waals surface area (Å²) in [5.74, 6) is 0. The van der Waals surface area contributed by atoms with Crippen molar-refractivity contribution in [3.63, 3.8) is 0 Å². The van der Waals surface area contributed by atoms with Crippen LogP contribution in [0.2, 0.25) is 0 Å². The molecular weight excluding hydrogens is 176 g/mol. The van der Waals surface area contributed by atoms with Crippen LogP contribution in [0, 0.1) is 0 Å². The van der Waals surface area contributed by atoms with Gasteiger partial charge < -0.3 is 10.2 Å². The number of unbranched alkanes of at least 4 members (excludes halogenated alkanes) is 6. The zero-order valence-corrected chi connectivity index (χ0v) is 9.28. The van der Waals surface area contributed by atoms with E-state index in [0.717, 1.165) is 19.1 Å². The molecule has 0 amide bonds. The summed E-state index contributed by atoms with van der Waals surface area (Å²) in [6.45, 7) is 2.22. The highest BCUT2D eigenvalue weighted by Crippen LogP contribution is 2.09. The Kier molecular flexibility index (Phi) is 10.2. The van der Waals surface area contributed by atoms with Gasteiger partial charge in [-0.05, 0) is 12.5 Å². The molecule has 0 aromatic carbocycles. The predicted octanol–water partition coefficient (Wildman–Crippen LogP) is 3.56. The van der Waals surface area contributed by atoms with E-state index in [1.54, 1.807) is 0 Å². The second-order valence-corrected chi connectivity index (χ2v) is 3.82. The quantitative estimate of drug-likeness (QED) is 0.441. The van der Waals surface area contributed by atoms with Gasteiger partial charge in [-0.2, -0.15) is 0 Å². The molecule has 0 aliphatic heterocycles. The van der Waals surface area contributed by atoms with Crippen molar-refractivity contribution in [2.45, 2.75) is 64.4 Å². The fourth-order valence-corrected chi connectivity index (χ4v) is 1.51. The van der Waals surface area contributed by atoms with Crippen LogP contribution in [0.1, 0.15) is 58.3 Å². The molecule has 0 heterocycles. The Hall–Kier alpha value is -0.500. The van der Waals surface area contributed by atoms with E-state index in [9.17, 15) is 5.11 Å². The normalized spacial score (nSPS) is 13.6. The maximum atomic E-state index is 9.24. The summed E-state index contributed by atoms with van der Waals surface area (Å²) in [6.07, 6.45) is 11.5. The number of hydrogen-bond donors (Lipinski definition) is 2. The van der Waals surface area contributed by atoms with Gasteiger partial charge in [-0.3, -0.25) is 0 Å². The summed E-state index contributed by atoms with van der Waals surface area (Å²) in [7, 11) is 0. The molecule has 0 saturated carbocycles. The molecule has 0 radical (unpaired) electrons. The molecule has 1 atom stereocenters. The third kappa shape index (κ3) is 9.59. The summed E-state index contributed by atoms with van der Waals surface area (Å²) in [4.78, 5) is 0. The van der Waals surface area contributed by atoms with Gasteiger partial charge in [0.2, 0.25) is 0 Å². The molecule has 0 unspecified atom stereocenters. The second kappa shape index (κ2) is 10.6. The zero-order chi connectivity index (χ0) is 10.6. The van der Waals surface area contributed by atoms with Crippen molar-refractivity contribution < 1.29 is 10.2 Å². The van der Waals surface area contributed by atoms with Crippen molar-refractivity contribution in [1.82, 2.24) is 0 Å². The first-order valence-corrected chi connectivity index (χ1v) is 5.80. The molecule has 14 heavy (non-hydrogen) atoms. The van der Waals surface area contributed by atoms with E-state index in [-0.39, 0.29) is 0 Å². The average Bonchev–Trinajstić information content (AvgIpc) is 2.17. The average molecular weight is 200 g/mol. The van der Waals surface area contributed by atoms with Gasteiger partial charge in [0.1, 0.15) is 0 Å². The molecule has 0 fully saturated rings. The van der Waals surface area contributed by atoms with E-state index < -0.39 is 6.10 Å². The van der Waals surface area contributed by atoms with Crippen LogP contribution in [0.5, 0.6) is 0 Å². The van der Waals surface area contributed by atoms with Crippen LogP contribution in [0.3, 0.4) is 0 Å². The highest BCUT2D eigenvalue weighted by Gasteiger charge is 1.98. The fourth-order valence-electron chi connectivity index (χ4n) is 1.51. The molecule has 0 saturated heterocycles. The Morgan fingerprint density at radius 3 is 2.14 bits per heavy atom. The topological polar surface area (TPSA) is 40.5 Å². The number of hydrogen-bond acceptors (Lipinski definition) is 2. The Labute approximate surface area is 87.7 Å². The van der Waals surface area contributed by atoms with Crippen molar-refractivity contribution in [2.24, 2.45) is 0 Å². The van der Waals surface area contributed by atoms with E-state index in [2.05, 4.69) is 6.92 Å². The minimum Gasteiger partial charge on any atom is -0.516 e. The molecule has 2 N–H and O–H groups in total. The van der Waals surface area contributed by atoms with Crippen LogP contribution >= 0.6 is 0 Å². The molecule has 0 rings (SSSR count). The summed E-state index contributed by atoms with van der Waals surface area (Å²) in [6, 6.07) is 0. The minimum atomic E-state index is -0.462. The lowest BCUT2D eigenvalue weighted by atomic mass is 10.1. The van der Waals surface area contributed by atoms with Gasteiger partial charge in [0.05, 0.1) is 12.4 Å². The lowest BCUT2D eigenvalue weighted by Gasteiger charge is -2.04. The first-order valence-electron chi connectivity index (χ1n) is 5.80. The summed E-state index contributed by atoms with van der Waals surface area (Å²) >= 11 is 0. The lowest BCUT2D eigenvalue weighted by Crippen LogP contribution is -2.01. The summed E-state index contributed by atoms with van der Waals surface area (Å²) in [5, 5.41) is 17.6. The van der Waals surface area contributed by atoms with Crippen LogP contribution in [-0.4, -0.2) is 16.3 Å². The van der Waals surface area contributed by atoms with E-state index in [0.29, 0.717) is 0 Å². The minimum absolute atomic E-state index is 0.462. The Morgan fingerprint density at radius 2 is 1.57 bits per heavy atom. The van der Waals surface area contributed by atoms with Gasteiger partial charge in [0.25, 0.3) is 0 Å². The molecule has 84 valence electrons. The monoisotopic (exact) mass is 200 g/mol. The molecular formula is C12H24O2. The Bertz CT molecular complexity index is 132. The van der Waals surface area contributed by atoms with Crippen LogP contribution in [0.25, 0.3) is 0 Å². The van der Waals surface area contributed by atoms with E-state index in [1.807, 2.05) is 0 Å². The maximum Gasteiger partial charge on any atom is 0.0777 e. The van der Waals surface area contributed by atoms with Crippen molar-refractivity contribution in [3.8, 4) is 0 Å². The van der Waals surface area contributed by atoms with Gasteiger partial charge in [-0.25, -0.2) is 0 Å². The smallest absolute Gasteiger partial charge is 0.0777 e. The van der Waals surface area contributed by atoms with Crippen molar-refractivity contribution in [3.05, 3.63) is 12.3 Å². The highest BCUT2D eigenvalue weighted by molar-refractivity contribution is 4.81. The molecule has 0 spiro atoms. The number of aliphatic hydroxyl groups excluding tert-OH is 2. The standard InChI is InChI=1S/C12H24O2/c1-2-3-4-5-6-7-8-9-12(14)10-11-13/h10-14H,2-9H2,1H3/b11-10-/t12-/m1/s1. The number of aliphatic hydroxyl groups is 2. The Balaban J connectivity index is 3.05. The van der Waals surface area contributed by atoms with Gasteiger partial charge in [-0.15, -0.1) is 0 Å². The van der Waals surface area contributed by atoms with Crippen molar-refractivity contribution in [1.29, 1.82) is 0 Å². The highest BCUT2D eigenvalue weighted by atomic mass is 16.3. The van der Waals surface area contributed by atoms with Crippen LogP contribution < -0.4 is 0 Å². The third-order valence-electron chi connectivity index (χ3n) is 2.41. The molecule has 0 aliphatic rings. The molecule has 0 aliphatic carbocycles. The van der Waals surface area contributed by atoms with Gasteiger partial charge >= 0.3 is 0 Å². The summed E-state index contributed by atoms with van der Waals surface area (Å²) in [5.41, 5.74) is 0. The van der Waals surface area contributed by atoms with E-state index in [1.165, 1.54) is 44.6 Å². The first-order chi connectivity index (χ1) is 6.81. The third-order valence-corrected chi connectivity index (χ3v) is 2.41. The Morgan fingerprint density at radius 1 is 1.00 bits per heavy atom. The van der Waals surface area contributed by atoms with Gasteiger partial charge in [0.15, 0.2) is 0 Å². The predicted molar refractivity (Wildman–Crippen MR) is 60.4 cm³/mol. The van der Waals surface area contributed by atoms with Gasteiger partial charge in [0, 0.05) is 0 Å². The molecule has 0 aromatic rings. The summed E-state index contributed by atoms with van der Waals surface area (Å²) < 4.78 is 0. The van der Waals surface area contributed by atoms with Crippen LogP contribution in [-0.2, 0) is 0 Å². The van der Waals surface area contributed by atoms with E-state index in [4.69, 9.17) is 5.11 Å². The number of rotatable bonds is 9.